The number of imidazole rings is 2. The Hall–Kier alpha value is -5.80. The predicted octanol–water partition coefficient (Wildman–Crippen LogP) is 8.93. The zero-order valence-electron chi connectivity index (χ0n) is 31.8. The van der Waals surface area contributed by atoms with Crippen molar-refractivity contribution in [3.05, 3.63) is 144 Å². The third kappa shape index (κ3) is 7.43. The van der Waals surface area contributed by atoms with Gasteiger partial charge in [-0.15, -0.1) is 0 Å². The van der Waals surface area contributed by atoms with Crippen LogP contribution < -0.4 is 0 Å². The van der Waals surface area contributed by atoms with Gasteiger partial charge in [-0.3, -0.25) is 14.5 Å². The number of aromatic amines is 2. The van der Waals surface area contributed by atoms with E-state index in [9.17, 15) is 9.59 Å². The van der Waals surface area contributed by atoms with Gasteiger partial charge in [0.15, 0.2) is 0 Å². The van der Waals surface area contributed by atoms with Crippen molar-refractivity contribution >= 4 is 11.8 Å². The van der Waals surface area contributed by atoms with Crippen LogP contribution in [0.15, 0.2) is 122 Å². The molecule has 2 aromatic heterocycles. The molecule has 0 spiro atoms. The number of benzene rings is 4. The number of amides is 2. The standard InChI is InChI=1S/C47H49N7O2/c55-43(30-33-12-4-1-5-13-33)53-28-10-16-41(53)45-48-31-39(50-45)36-22-18-34(19-23-36)35-20-24-37(25-21-35)40-32-49-46(51-40)42-17-11-29-54(42)47(56)44(38-14-6-2-7-15-38)52-26-8-3-9-27-52/h1-2,4-7,12-15,18-25,31-32,41-42,44H,3,8-11,16-17,26-30H2,(H,48,50)(H,49,51)/t41-,42-,44+/m0/s1. The van der Waals surface area contributed by atoms with Gasteiger partial charge in [-0.25, -0.2) is 9.97 Å². The number of hydrogen-bond acceptors (Lipinski definition) is 5. The number of carbonyl (C=O) groups excluding carboxylic acids is 2. The third-order valence-corrected chi connectivity index (χ3v) is 12.0. The molecule has 0 saturated carbocycles. The molecule has 0 bridgehead atoms. The van der Waals surface area contributed by atoms with Crippen molar-refractivity contribution in [1.29, 1.82) is 0 Å². The molecular weight excluding hydrogens is 695 g/mol. The van der Waals surface area contributed by atoms with E-state index >= 15 is 0 Å². The van der Waals surface area contributed by atoms with Crippen LogP contribution in [-0.2, 0) is 16.0 Å². The summed E-state index contributed by atoms with van der Waals surface area (Å²) >= 11 is 0. The van der Waals surface area contributed by atoms with Gasteiger partial charge < -0.3 is 19.8 Å². The van der Waals surface area contributed by atoms with Gasteiger partial charge in [0, 0.05) is 13.1 Å². The number of nitrogens with zero attached hydrogens (tertiary/aromatic N) is 5. The number of nitrogens with one attached hydrogen (secondary N) is 2. The van der Waals surface area contributed by atoms with Gasteiger partial charge in [0.05, 0.1) is 42.3 Å². The first-order chi connectivity index (χ1) is 27.6. The van der Waals surface area contributed by atoms with E-state index < -0.39 is 0 Å². The summed E-state index contributed by atoms with van der Waals surface area (Å²) in [5.74, 6) is 2.04. The molecular formula is C47H49N7O2. The second-order valence-electron chi connectivity index (χ2n) is 15.5. The number of carbonyl (C=O) groups is 2. The highest BCUT2D eigenvalue weighted by atomic mass is 16.2. The van der Waals surface area contributed by atoms with Gasteiger partial charge in [-0.2, -0.15) is 0 Å². The number of piperidine rings is 1. The molecule has 0 radical (unpaired) electrons. The Balaban J connectivity index is 0.857. The minimum Gasteiger partial charge on any atom is -0.340 e. The first-order valence-electron chi connectivity index (χ1n) is 20.3. The fraction of sp³-hybridized carbons (Fsp3) is 0.319. The van der Waals surface area contributed by atoms with E-state index in [2.05, 4.69) is 80.4 Å². The topological polar surface area (TPSA) is 101 Å². The lowest BCUT2D eigenvalue weighted by Crippen LogP contribution is -2.44. The smallest absolute Gasteiger partial charge is 0.245 e. The summed E-state index contributed by atoms with van der Waals surface area (Å²) in [6, 6.07) is 37.0. The Bertz CT molecular complexity index is 2240. The summed E-state index contributed by atoms with van der Waals surface area (Å²) in [5.41, 5.74) is 8.38. The van der Waals surface area contributed by atoms with E-state index in [1.54, 1.807) is 0 Å². The van der Waals surface area contributed by atoms with Crippen LogP contribution in [0.3, 0.4) is 0 Å². The number of H-pyrrole nitrogens is 2. The number of rotatable bonds is 10. The molecule has 3 saturated heterocycles. The number of likely N-dealkylation sites (tertiary alicyclic amines) is 3. The van der Waals surface area contributed by atoms with Gasteiger partial charge >= 0.3 is 0 Å². The average molecular weight is 744 g/mol. The lowest BCUT2D eigenvalue weighted by Gasteiger charge is -2.37. The lowest BCUT2D eigenvalue weighted by atomic mass is 10.00. The highest BCUT2D eigenvalue weighted by molar-refractivity contribution is 5.84. The van der Waals surface area contributed by atoms with Crippen molar-refractivity contribution in [3.63, 3.8) is 0 Å². The highest BCUT2D eigenvalue weighted by Gasteiger charge is 2.39. The summed E-state index contributed by atoms with van der Waals surface area (Å²) < 4.78 is 0. The van der Waals surface area contributed by atoms with E-state index in [0.717, 1.165) is 121 Å². The molecule has 284 valence electrons. The molecule has 3 aliphatic heterocycles. The maximum Gasteiger partial charge on any atom is 0.245 e. The van der Waals surface area contributed by atoms with Crippen LogP contribution in [-0.4, -0.2) is 72.6 Å². The van der Waals surface area contributed by atoms with Crippen LogP contribution in [0.25, 0.3) is 33.6 Å². The summed E-state index contributed by atoms with van der Waals surface area (Å²) in [6.07, 6.45) is 11.5. The number of aromatic nitrogens is 4. The van der Waals surface area contributed by atoms with Gasteiger partial charge in [0.25, 0.3) is 0 Å². The first-order valence-corrected chi connectivity index (χ1v) is 20.3. The maximum absolute atomic E-state index is 14.3. The Morgan fingerprint density at radius 1 is 0.571 bits per heavy atom. The molecule has 3 atom stereocenters. The molecule has 2 N–H and O–H groups in total. The SMILES string of the molecule is O=C(Cc1ccccc1)N1CCC[C@H]1c1ncc(-c2ccc(-c3ccc(-c4cnc([C@@H]5CCCN5C(=O)[C@@H](c5ccccc5)N5CCCCC5)[nH]4)cc3)cc2)[nH]1. The molecule has 9 nitrogen and oxygen atoms in total. The van der Waals surface area contributed by atoms with Crippen LogP contribution in [0.5, 0.6) is 0 Å². The lowest BCUT2D eigenvalue weighted by molar-refractivity contribution is -0.139. The van der Waals surface area contributed by atoms with E-state index in [4.69, 9.17) is 9.97 Å². The van der Waals surface area contributed by atoms with Crippen LogP contribution in [0.1, 0.15) is 85.8 Å². The molecule has 2 amide bonds. The highest BCUT2D eigenvalue weighted by Crippen LogP contribution is 2.37. The van der Waals surface area contributed by atoms with Crippen LogP contribution in [0.2, 0.25) is 0 Å². The van der Waals surface area contributed by atoms with Crippen molar-refractivity contribution in [2.75, 3.05) is 26.2 Å². The fourth-order valence-corrected chi connectivity index (χ4v) is 9.00. The maximum atomic E-state index is 14.3. The van der Waals surface area contributed by atoms with E-state index in [-0.39, 0.29) is 29.9 Å². The molecule has 3 fully saturated rings. The number of hydrogen-bond donors (Lipinski definition) is 2. The van der Waals surface area contributed by atoms with Gasteiger partial charge in [0.1, 0.15) is 17.7 Å². The monoisotopic (exact) mass is 743 g/mol. The normalized spacial score (nSPS) is 19.4. The van der Waals surface area contributed by atoms with Crippen LogP contribution >= 0.6 is 0 Å². The molecule has 3 aliphatic rings. The van der Waals surface area contributed by atoms with Crippen molar-refractivity contribution in [2.24, 2.45) is 0 Å². The van der Waals surface area contributed by atoms with Crippen molar-refractivity contribution in [1.82, 2.24) is 34.6 Å². The average Bonchev–Trinajstić information content (AvgIpc) is 4.10. The largest absolute Gasteiger partial charge is 0.340 e. The Morgan fingerprint density at radius 2 is 1.07 bits per heavy atom. The zero-order valence-corrected chi connectivity index (χ0v) is 31.8. The Labute approximate surface area is 328 Å². The summed E-state index contributed by atoms with van der Waals surface area (Å²) in [5, 5.41) is 0. The summed E-state index contributed by atoms with van der Waals surface area (Å²) in [4.78, 5) is 50.7. The third-order valence-electron chi connectivity index (χ3n) is 12.0. The molecule has 0 aliphatic carbocycles. The first kappa shape index (κ1) is 35.9. The van der Waals surface area contributed by atoms with E-state index in [1.165, 1.54) is 6.42 Å². The molecule has 5 heterocycles. The quantitative estimate of drug-likeness (QED) is 0.146. The fourth-order valence-electron chi connectivity index (χ4n) is 9.00. The van der Waals surface area contributed by atoms with Gasteiger partial charge in [-0.05, 0) is 85.0 Å². The second kappa shape index (κ2) is 16.1. The van der Waals surface area contributed by atoms with E-state index in [1.807, 2.05) is 65.8 Å². The molecule has 56 heavy (non-hydrogen) atoms. The van der Waals surface area contributed by atoms with Gasteiger partial charge in [-0.1, -0.05) is 116 Å². The van der Waals surface area contributed by atoms with Crippen molar-refractivity contribution in [3.8, 4) is 33.6 Å². The molecule has 0 unspecified atom stereocenters. The van der Waals surface area contributed by atoms with Crippen molar-refractivity contribution in [2.45, 2.75) is 69.5 Å². The van der Waals surface area contributed by atoms with Crippen molar-refractivity contribution < 1.29 is 9.59 Å². The minimum absolute atomic E-state index is 0.0280. The molecule has 4 aromatic carbocycles. The molecule has 9 heteroatoms. The Morgan fingerprint density at radius 3 is 1.64 bits per heavy atom. The molecule has 9 rings (SSSR count). The van der Waals surface area contributed by atoms with Crippen LogP contribution in [0, 0.1) is 0 Å². The van der Waals surface area contributed by atoms with Crippen LogP contribution in [0.4, 0.5) is 0 Å². The molecule has 6 aromatic rings. The van der Waals surface area contributed by atoms with Gasteiger partial charge in [0.2, 0.25) is 11.8 Å². The second-order valence-corrected chi connectivity index (χ2v) is 15.5. The minimum atomic E-state index is -0.254. The zero-order chi connectivity index (χ0) is 37.8. The predicted molar refractivity (Wildman–Crippen MR) is 219 cm³/mol. The Kier molecular flexibility index (Phi) is 10.3. The summed E-state index contributed by atoms with van der Waals surface area (Å²) in [6.45, 7) is 3.43. The summed E-state index contributed by atoms with van der Waals surface area (Å²) in [7, 11) is 0. The van der Waals surface area contributed by atoms with E-state index in [0.29, 0.717) is 6.42 Å².